The maximum atomic E-state index is 13.2. The van der Waals surface area contributed by atoms with Gasteiger partial charge >= 0.3 is 6.09 Å². The predicted octanol–water partition coefficient (Wildman–Crippen LogP) is 3.75. The second-order valence-electron chi connectivity index (χ2n) is 7.41. The summed E-state index contributed by atoms with van der Waals surface area (Å²) in [6.45, 7) is 9.40. The minimum atomic E-state index is -0.417. The molecule has 1 aromatic heterocycles. The number of aromatic nitrogens is 1. The summed E-state index contributed by atoms with van der Waals surface area (Å²) >= 11 is 0. The van der Waals surface area contributed by atoms with Crippen LogP contribution in [0.2, 0.25) is 0 Å². The van der Waals surface area contributed by atoms with Crippen molar-refractivity contribution in [2.24, 2.45) is 0 Å². The Morgan fingerprint density at radius 3 is 2.71 bits per heavy atom. The highest BCUT2D eigenvalue weighted by atomic mass is 16.5. The Morgan fingerprint density at radius 2 is 2.00 bits per heavy atom. The van der Waals surface area contributed by atoms with Crippen LogP contribution in [0.5, 0.6) is 0 Å². The van der Waals surface area contributed by atoms with Gasteiger partial charge in [0.25, 0.3) is 5.91 Å². The lowest BCUT2D eigenvalue weighted by Crippen LogP contribution is -2.49. The van der Waals surface area contributed by atoms with Crippen LogP contribution in [0.15, 0.2) is 30.3 Å². The molecular weight excluding hydrogens is 354 g/mol. The Bertz CT molecular complexity index is 872. The van der Waals surface area contributed by atoms with Gasteiger partial charge in [-0.15, -0.1) is 0 Å². The molecule has 6 nitrogen and oxygen atoms in total. The summed E-state index contributed by atoms with van der Waals surface area (Å²) in [4.78, 5) is 26.8. The number of rotatable bonds is 4. The lowest BCUT2D eigenvalue weighted by molar-refractivity contribution is 0.0685. The molecule has 150 valence electrons. The van der Waals surface area contributed by atoms with Crippen LogP contribution >= 0.6 is 0 Å². The van der Waals surface area contributed by atoms with Crippen LogP contribution < -0.4 is 5.32 Å². The third-order valence-electron chi connectivity index (χ3n) is 5.23. The summed E-state index contributed by atoms with van der Waals surface area (Å²) < 4.78 is 7.09. The maximum absolute atomic E-state index is 13.2. The second kappa shape index (κ2) is 8.50. The Kier molecular flexibility index (Phi) is 6.07. The lowest BCUT2D eigenvalue weighted by atomic mass is 10.0. The summed E-state index contributed by atoms with van der Waals surface area (Å²) in [5.41, 5.74) is 4.94. The summed E-state index contributed by atoms with van der Waals surface area (Å²) in [6.07, 6.45) is 1.30. The average Bonchev–Trinajstić information content (AvgIpc) is 2.95. The molecule has 6 heteroatoms. The van der Waals surface area contributed by atoms with Crippen molar-refractivity contribution in [3.8, 4) is 5.69 Å². The van der Waals surface area contributed by atoms with E-state index < -0.39 is 6.09 Å². The van der Waals surface area contributed by atoms with Gasteiger partial charge < -0.3 is 19.5 Å². The lowest BCUT2D eigenvalue weighted by Gasteiger charge is -2.33. The zero-order valence-electron chi connectivity index (χ0n) is 17.1. The highest BCUT2D eigenvalue weighted by molar-refractivity contribution is 5.96. The van der Waals surface area contributed by atoms with E-state index in [0.29, 0.717) is 19.7 Å². The van der Waals surface area contributed by atoms with Crippen molar-refractivity contribution in [2.45, 2.75) is 46.6 Å². The SMILES string of the molecule is CCOC(=O)NC1CCCN(C(=O)c2cc(C)n(-c3cccc(C)c3)c2C)C1. The number of carbonyl (C=O) groups is 2. The third kappa shape index (κ3) is 4.21. The van der Waals surface area contributed by atoms with Gasteiger partial charge in [-0.2, -0.15) is 0 Å². The summed E-state index contributed by atoms with van der Waals surface area (Å²) in [5.74, 6) is 0.0161. The van der Waals surface area contributed by atoms with Crippen LogP contribution in [0.25, 0.3) is 5.69 Å². The first kappa shape index (κ1) is 20.0. The molecule has 0 spiro atoms. The van der Waals surface area contributed by atoms with Crippen molar-refractivity contribution >= 4 is 12.0 Å². The number of likely N-dealkylation sites (tertiary alicyclic amines) is 1. The standard InChI is InChI=1S/C22H29N3O3/c1-5-28-22(27)23-18-9-7-11-24(14-18)21(26)20-13-16(3)25(17(20)4)19-10-6-8-15(2)12-19/h6,8,10,12-13,18H,5,7,9,11,14H2,1-4H3,(H,23,27). The van der Waals surface area contributed by atoms with Crippen LogP contribution in [0, 0.1) is 20.8 Å². The maximum Gasteiger partial charge on any atom is 0.407 e. The normalized spacial score (nSPS) is 16.7. The molecule has 1 aromatic carbocycles. The minimum Gasteiger partial charge on any atom is -0.450 e. The molecular formula is C22H29N3O3. The molecule has 1 atom stereocenters. The number of aryl methyl sites for hydroxylation is 2. The molecule has 1 aliphatic rings. The number of benzene rings is 1. The van der Waals surface area contributed by atoms with E-state index in [1.54, 1.807) is 6.92 Å². The molecule has 1 aliphatic heterocycles. The van der Waals surface area contributed by atoms with Crippen LogP contribution in [0.1, 0.15) is 47.1 Å². The van der Waals surface area contributed by atoms with Crippen molar-refractivity contribution in [1.29, 1.82) is 0 Å². The smallest absolute Gasteiger partial charge is 0.407 e. The van der Waals surface area contributed by atoms with Crippen molar-refractivity contribution in [1.82, 2.24) is 14.8 Å². The Balaban J connectivity index is 1.79. The summed E-state index contributed by atoms with van der Waals surface area (Å²) in [6, 6.07) is 10.2. The van der Waals surface area contributed by atoms with Crippen molar-refractivity contribution in [3.05, 3.63) is 52.8 Å². The molecule has 1 unspecified atom stereocenters. The number of piperidine rings is 1. The van der Waals surface area contributed by atoms with E-state index in [2.05, 4.69) is 35.0 Å². The number of alkyl carbamates (subject to hydrolysis) is 1. The van der Waals surface area contributed by atoms with E-state index in [9.17, 15) is 9.59 Å². The fourth-order valence-corrected chi connectivity index (χ4v) is 3.93. The zero-order chi connectivity index (χ0) is 20.3. The first-order valence-electron chi connectivity index (χ1n) is 9.89. The van der Waals surface area contributed by atoms with Gasteiger partial charge in [-0.05, 0) is 64.3 Å². The van der Waals surface area contributed by atoms with Crippen LogP contribution in [0.3, 0.4) is 0 Å². The molecule has 0 radical (unpaired) electrons. The Morgan fingerprint density at radius 1 is 1.21 bits per heavy atom. The molecule has 2 amide bonds. The molecule has 1 N–H and O–H groups in total. The summed E-state index contributed by atoms with van der Waals surface area (Å²) in [5, 5.41) is 2.86. The Labute approximate surface area is 166 Å². The van der Waals surface area contributed by atoms with Gasteiger partial charge in [-0.25, -0.2) is 4.79 Å². The topological polar surface area (TPSA) is 63.6 Å². The number of amides is 2. The molecule has 2 heterocycles. The van der Waals surface area contributed by atoms with Gasteiger partial charge in [0.15, 0.2) is 0 Å². The molecule has 0 saturated carbocycles. The third-order valence-corrected chi connectivity index (χ3v) is 5.23. The van der Waals surface area contributed by atoms with Gasteiger partial charge in [0.2, 0.25) is 0 Å². The van der Waals surface area contributed by atoms with Gasteiger partial charge in [0.1, 0.15) is 0 Å². The molecule has 3 rings (SSSR count). The van der Waals surface area contributed by atoms with E-state index in [1.165, 1.54) is 5.56 Å². The molecule has 0 aliphatic carbocycles. The Hall–Kier alpha value is -2.76. The monoisotopic (exact) mass is 383 g/mol. The molecule has 1 fully saturated rings. The van der Waals surface area contributed by atoms with Crippen molar-refractivity contribution in [3.63, 3.8) is 0 Å². The average molecular weight is 383 g/mol. The summed E-state index contributed by atoms with van der Waals surface area (Å²) in [7, 11) is 0. The van der Waals surface area contributed by atoms with E-state index in [-0.39, 0.29) is 11.9 Å². The van der Waals surface area contributed by atoms with Gasteiger partial charge in [-0.3, -0.25) is 4.79 Å². The van der Waals surface area contributed by atoms with E-state index in [4.69, 9.17) is 4.74 Å². The first-order chi connectivity index (χ1) is 13.4. The number of hydrogen-bond acceptors (Lipinski definition) is 3. The zero-order valence-corrected chi connectivity index (χ0v) is 17.1. The highest BCUT2D eigenvalue weighted by Crippen LogP contribution is 2.24. The number of nitrogens with zero attached hydrogens (tertiary/aromatic N) is 2. The van der Waals surface area contributed by atoms with E-state index >= 15 is 0 Å². The van der Waals surface area contributed by atoms with Gasteiger partial charge in [0, 0.05) is 36.2 Å². The molecule has 0 bridgehead atoms. The largest absolute Gasteiger partial charge is 0.450 e. The van der Waals surface area contributed by atoms with Crippen molar-refractivity contribution in [2.75, 3.05) is 19.7 Å². The number of hydrogen-bond donors (Lipinski definition) is 1. The van der Waals surface area contributed by atoms with Gasteiger partial charge in [0.05, 0.1) is 12.2 Å². The molecule has 2 aromatic rings. The predicted molar refractivity (Wildman–Crippen MR) is 109 cm³/mol. The number of nitrogens with one attached hydrogen (secondary N) is 1. The van der Waals surface area contributed by atoms with Crippen LogP contribution in [0.4, 0.5) is 4.79 Å². The minimum absolute atomic E-state index is 0.0161. The van der Waals surface area contributed by atoms with Crippen LogP contribution in [-0.2, 0) is 4.74 Å². The fourth-order valence-electron chi connectivity index (χ4n) is 3.93. The number of ether oxygens (including phenoxy) is 1. The van der Waals surface area contributed by atoms with E-state index in [1.807, 2.05) is 30.9 Å². The van der Waals surface area contributed by atoms with E-state index in [0.717, 1.165) is 35.5 Å². The van der Waals surface area contributed by atoms with Crippen LogP contribution in [-0.4, -0.2) is 47.2 Å². The highest BCUT2D eigenvalue weighted by Gasteiger charge is 2.28. The molecule has 1 saturated heterocycles. The fraction of sp³-hybridized carbons (Fsp3) is 0.455. The second-order valence-corrected chi connectivity index (χ2v) is 7.41. The van der Waals surface area contributed by atoms with Gasteiger partial charge in [-0.1, -0.05) is 12.1 Å². The van der Waals surface area contributed by atoms with Crippen molar-refractivity contribution < 1.29 is 14.3 Å². The number of carbonyl (C=O) groups excluding carboxylic acids is 2. The molecule has 28 heavy (non-hydrogen) atoms. The first-order valence-corrected chi connectivity index (χ1v) is 9.89. The quantitative estimate of drug-likeness (QED) is 0.874.